The number of hydrogen-bond donors (Lipinski definition) is 0. The molecule has 0 aromatic rings. The third kappa shape index (κ3) is 60.2. The summed E-state index contributed by atoms with van der Waals surface area (Å²) < 4.78 is 34.2. The van der Waals surface area contributed by atoms with E-state index >= 15 is 0 Å². The average Bonchev–Trinajstić information content (AvgIpc) is 3.36. The van der Waals surface area contributed by atoms with E-state index in [2.05, 4.69) is 13.8 Å². The van der Waals surface area contributed by atoms with Gasteiger partial charge in [0.2, 0.25) is 0 Å². The zero-order chi connectivity index (χ0) is 54.2. The van der Waals surface area contributed by atoms with Crippen molar-refractivity contribution in [3.05, 3.63) is 0 Å². The first-order chi connectivity index (χ1) is 36.0. The van der Waals surface area contributed by atoms with Crippen molar-refractivity contribution in [3.8, 4) is 0 Å². The molecule has 0 heterocycles. The van der Waals surface area contributed by atoms with Gasteiger partial charge in [0, 0.05) is 12.8 Å². The van der Waals surface area contributed by atoms with E-state index in [1.165, 1.54) is 283 Å². The molecule has 0 radical (unpaired) electrons. The molecule has 0 aliphatic carbocycles. The zero-order valence-electron chi connectivity index (χ0n) is 50.3. The number of likely N-dealkylation sites (N-methyl/N-ethyl adjacent to an activating group) is 1. The van der Waals surface area contributed by atoms with Crippen molar-refractivity contribution in [2.24, 2.45) is 0 Å². The molecular weight excluding hydrogens is 942 g/mol. The molecule has 2 atom stereocenters. The minimum atomic E-state index is -4.63. The van der Waals surface area contributed by atoms with E-state index in [0.717, 1.165) is 32.1 Å². The van der Waals surface area contributed by atoms with Crippen LogP contribution in [0.3, 0.4) is 0 Å². The highest BCUT2D eigenvalue weighted by Gasteiger charge is 2.22. The smallest absolute Gasteiger partial charge is 0.306 e. The Morgan fingerprint density at radius 2 is 0.608 bits per heavy atom. The molecule has 0 N–H and O–H groups in total. The maximum atomic E-state index is 12.8. The summed E-state index contributed by atoms with van der Waals surface area (Å²) in [5.41, 5.74) is 0. The summed E-state index contributed by atoms with van der Waals surface area (Å²) >= 11 is 0. The molecule has 0 aromatic carbocycles. The molecule has 0 amide bonds. The number of phosphoric acid groups is 1. The van der Waals surface area contributed by atoms with Gasteiger partial charge in [-0.2, -0.15) is 0 Å². The Hall–Kier alpha value is -0.990. The number of unbranched alkanes of at least 4 members (excludes halogenated alkanes) is 48. The number of hydrogen-bond acceptors (Lipinski definition) is 8. The number of esters is 2. The monoisotopic (exact) mass is 1070 g/mol. The van der Waals surface area contributed by atoms with Crippen LogP contribution >= 0.6 is 7.82 Å². The van der Waals surface area contributed by atoms with Crippen LogP contribution in [-0.2, 0) is 32.7 Å². The van der Waals surface area contributed by atoms with Crippen LogP contribution in [0.4, 0.5) is 0 Å². The van der Waals surface area contributed by atoms with Crippen LogP contribution in [0.15, 0.2) is 0 Å². The van der Waals surface area contributed by atoms with E-state index < -0.39 is 26.5 Å². The first kappa shape index (κ1) is 73.0. The molecule has 0 aliphatic rings. The molecule has 2 unspecified atom stereocenters. The lowest BCUT2D eigenvalue weighted by Gasteiger charge is -2.28. The van der Waals surface area contributed by atoms with Crippen LogP contribution in [-0.4, -0.2) is 70.0 Å². The minimum Gasteiger partial charge on any atom is -0.756 e. The number of carbonyl (C=O) groups excluding carboxylic acids is 2. The van der Waals surface area contributed by atoms with Crippen molar-refractivity contribution < 1.29 is 42.1 Å². The normalized spacial score (nSPS) is 13.1. The molecule has 10 heteroatoms. The Morgan fingerprint density at radius 3 is 0.865 bits per heavy atom. The summed E-state index contributed by atoms with van der Waals surface area (Å²) in [5, 5.41) is 0. The second-order valence-electron chi connectivity index (χ2n) is 23.9. The number of rotatable bonds is 62. The summed E-state index contributed by atoms with van der Waals surface area (Å²) in [5.74, 6) is -0.807. The van der Waals surface area contributed by atoms with E-state index in [1.54, 1.807) is 0 Å². The largest absolute Gasteiger partial charge is 0.756 e. The van der Waals surface area contributed by atoms with Crippen LogP contribution < -0.4 is 4.89 Å². The van der Waals surface area contributed by atoms with Gasteiger partial charge in [-0.15, -0.1) is 0 Å². The highest BCUT2D eigenvalue weighted by Crippen LogP contribution is 2.38. The van der Waals surface area contributed by atoms with E-state index in [-0.39, 0.29) is 32.0 Å². The van der Waals surface area contributed by atoms with Gasteiger partial charge < -0.3 is 27.9 Å². The van der Waals surface area contributed by atoms with Crippen molar-refractivity contribution >= 4 is 19.8 Å². The Bertz CT molecular complexity index is 1210. The molecule has 0 aromatic heterocycles. The third-order valence-electron chi connectivity index (χ3n) is 15.1. The first-order valence-corrected chi connectivity index (χ1v) is 34.2. The van der Waals surface area contributed by atoms with Crippen LogP contribution in [0.5, 0.6) is 0 Å². The molecule has 0 rings (SSSR count). The van der Waals surface area contributed by atoms with E-state index in [4.69, 9.17) is 18.5 Å². The summed E-state index contributed by atoms with van der Waals surface area (Å²) in [6.07, 6.45) is 66.1. The highest BCUT2D eigenvalue weighted by atomic mass is 31.2. The molecule has 0 fully saturated rings. The Morgan fingerprint density at radius 1 is 0.365 bits per heavy atom. The topological polar surface area (TPSA) is 111 Å². The maximum absolute atomic E-state index is 12.8. The molecule has 0 saturated carbocycles. The van der Waals surface area contributed by atoms with Gasteiger partial charge >= 0.3 is 11.9 Å². The fourth-order valence-electron chi connectivity index (χ4n) is 10.1. The number of ether oxygens (including phenoxy) is 2. The summed E-state index contributed by atoms with van der Waals surface area (Å²) in [6, 6.07) is 0. The summed E-state index contributed by atoms with van der Waals surface area (Å²) in [4.78, 5) is 37.9. The fourth-order valence-corrected chi connectivity index (χ4v) is 10.8. The molecule has 9 nitrogen and oxygen atoms in total. The van der Waals surface area contributed by atoms with Gasteiger partial charge in [-0.05, 0) is 12.8 Å². The van der Waals surface area contributed by atoms with Crippen LogP contribution in [0.1, 0.15) is 348 Å². The van der Waals surface area contributed by atoms with Crippen molar-refractivity contribution in [1.82, 2.24) is 0 Å². The molecule has 0 bridgehead atoms. The summed E-state index contributed by atoms with van der Waals surface area (Å²) in [6.45, 7) is 4.32. The van der Waals surface area contributed by atoms with Gasteiger partial charge in [-0.25, -0.2) is 0 Å². The van der Waals surface area contributed by atoms with Crippen LogP contribution in [0, 0.1) is 0 Å². The second kappa shape index (κ2) is 56.7. The lowest BCUT2D eigenvalue weighted by atomic mass is 10.0. The standard InChI is InChI=1S/C64H128NO8P/c1-6-8-10-12-14-16-18-20-22-24-26-27-28-29-30-31-32-33-34-35-36-37-38-39-41-43-45-47-49-51-53-55-57-64(67)73-62(61-72-74(68,69)71-59-58-65(3,4)5)60-70-63(66)56-54-52-50-48-46-44-42-40-25-23-21-19-17-15-13-11-9-7-2/h62H,6-61H2,1-5H3. The van der Waals surface area contributed by atoms with Crippen molar-refractivity contribution in [1.29, 1.82) is 0 Å². The molecular formula is C64H128NO8P. The predicted molar refractivity (Wildman–Crippen MR) is 315 cm³/mol. The van der Waals surface area contributed by atoms with Crippen LogP contribution in [0.2, 0.25) is 0 Å². The molecule has 442 valence electrons. The van der Waals surface area contributed by atoms with Gasteiger partial charge in [0.15, 0.2) is 6.10 Å². The lowest BCUT2D eigenvalue weighted by Crippen LogP contribution is -2.37. The molecule has 0 spiro atoms. The summed E-state index contributed by atoms with van der Waals surface area (Å²) in [7, 11) is 1.19. The number of phosphoric ester groups is 1. The van der Waals surface area contributed by atoms with Crippen molar-refractivity contribution in [3.63, 3.8) is 0 Å². The molecule has 0 saturated heterocycles. The van der Waals surface area contributed by atoms with E-state index in [1.807, 2.05) is 21.1 Å². The zero-order valence-corrected chi connectivity index (χ0v) is 51.2. The number of nitrogens with zero attached hydrogens (tertiary/aromatic N) is 1. The first-order valence-electron chi connectivity index (χ1n) is 32.7. The Balaban J connectivity index is 3.96. The van der Waals surface area contributed by atoms with Gasteiger partial charge in [-0.1, -0.05) is 322 Å². The average molecular weight is 1070 g/mol. The van der Waals surface area contributed by atoms with Gasteiger partial charge in [0.25, 0.3) is 7.82 Å². The van der Waals surface area contributed by atoms with Crippen LogP contribution in [0.25, 0.3) is 0 Å². The molecule has 74 heavy (non-hydrogen) atoms. The third-order valence-corrected chi connectivity index (χ3v) is 16.1. The van der Waals surface area contributed by atoms with E-state index in [0.29, 0.717) is 17.4 Å². The van der Waals surface area contributed by atoms with E-state index in [9.17, 15) is 19.0 Å². The number of quaternary nitrogens is 1. The van der Waals surface area contributed by atoms with Gasteiger partial charge in [0.1, 0.15) is 19.8 Å². The lowest BCUT2D eigenvalue weighted by molar-refractivity contribution is -0.870. The van der Waals surface area contributed by atoms with Crippen molar-refractivity contribution in [2.75, 3.05) is 47.5 Å². The number of carbonyl (C=O) groups is 2. The maximum Gasteiger partial charge on any atom is 0.306 e. The second-order valence-corrected chi connectivity index (χ2v) is 25.3. The highest BCUT2D eigenvalue weighted by molar-refractivity contribution is 7.45. The Labute approximate surface area is 461 Å². The van der Waals surface area contributed by atoms with Crippen molar-refractivity contribution in [2.45, 2.75) is 354 Å². The Kier molecular flexibility index (Phi) is 56.0. The fraction of sp³-hybridized carbons (Fsp3) is 0.969. The SMILES string of the molecule is CCCCCCCCCCCCCCCCCCCCCCCCCCCCCCCCCCC(=O)OC(COC(=O)CCCCCCCCCCCCCCCCCCCC)COP(=O)([O-])OCC[N+](C)(C)C. The molecule has 0 aliphatic heterocycles. The minimum absolute atomic E-state index is 0.0250. The van der Waals surface area contributed by atoms with Gasteiger partial charge in [0.05, 0.1) is 27.7 Å². The quantitative estimate of drug-likeness (QED) is 0.0256. The predicted octanol–water partition coefficient (Wildman–Crippen LogP) is 20.0. The van der Waals surface area contributed by atoms with Gasteiger partial charge in [-0.3, -0.25) is 14.2 Å².